The Morgan fingerprint density at radius 1 is 1.24 bits per heavy atom. The highest BCUT2D eigenvalue weighted by Gasteiger charge is 2.50. The molecule has 192 valence electrons. The number of anilines is 3. The number of nitrogens with zero attached hydrogens (tertiary/aromatic N) is 5. The largest absolute Gasteiger partial charge is 0.380 e. The second-order valence-electron chi connectivity index (χ2n) is 10.4. The molecular formula is C25H26ClFN8O2. The molecule has 0 bridgehead atoms. The first kappa shape index (κ1) is 23.9. The Morgan fingerprint density at radius 3 is 2.62 bits per heavy atom. The molecule has 3 heterocycles. The van der Waals surface area contributed by atoms with Crippen molar-refractivity contribution < 1.29 is 13.9 Å². The number of nitrogens with one attached hydrogen (secondary N) is 2. The molecule has 1 aliphatic heterocycles. The van der Waals surface area contributed by atoms with Crippen LogP contribution in [0.5, 0.6) is 0 Å². The number of halogens is 2. The van der Waals surface area contributed by atoms with E-state index >= 15 is 0 Å². The van der Waals surface area contributed by atoms with Crippen LogP contribution in [0.3, 0.4) is 0 Å². The fourth-order valence-corrected chi connectivity index (χ4v) is 6.03. The smallest absolute Gasteiger partial charge is 0.224 e. The van der Waals surface area contributed by atoms with Crippen molar-refractivity contribution in [3.8, 4) is 6.07 Å². The third-order valence-electron chi connectivity index (χ3n) is 7.81. The van der Waals surface area contributed by atoms with Crippen molar-refractivity contribution in [2.24, 2.45) is 17.1 Å². The van der Waals surface area contributed by atoms with Gasteiger partial charge in [-0.25, -0.2) is 14.4 Å². The van der Waals surface area contributed by atoms with Gasteiger partial charge in [-0.3, -0.25) is 9.36 Å². The summed E-state index contributed by atoms with van der Waals surface area (Å²) < 4.78 is 22.2. The van der Waals surface area contributed by atoms with Gasteiger partial charge in [-0.15, -0.1) is 0 Å². The number of fused-ring (bicyclic) bond motifs is 1. The predicted molar refractivity (Wildman–Crippen MR) is 135 cm³/mol. The van der Waals surface area contributed by atoms with Gasteiger partial charge in [-0.1, -0.05) is 11.6 Å². The number of nitriles is 1. The van der Waals surface area contributed by atoms with Gasteiger partial charge in [0.25, 0.3) is 0 Å². The van der Waals surface area contributed by atoms with Crippen LogP contribution in [0.1, 0.15) is 50.1 Å². The molecule has 3 aliphatic rings. The maximum atomic E-state index is 14.9. The zero-order valence-electron chi connectivity index (χ0n) is 20.0. The molecule has 3 aromatic rings. The molecule has 1 aromatic carbocycles. The molecule has 3 fully saturated rings. The average Bonchev–Trinajstić information content (AvgIpc) is 3.19. The van der Waals surface area contributed by atoms with Gasteiger partial charge < -0.3 is 21.1 Å². The molecule has 0 atom stereocenters. The minimum atomic E-state index is -0.660. The second kappa shape index (κ2) is 9.11. The van der Waals surface area contributed by atoms with Gasteiger partial charge in [0.05, 0.1) is 41.8 Å². The zero-order chi connectivity index (χ0) is 25.7. The van der Waals surface area contributed by atoms with Gasteiger partial charge in [0, 0.05) is 23.4 Å². The lowest BCUT2D eigenvalue weighted by atomic mass is 9.64. The summed E-state index contributed by atoms with van der Waals surface area (Å²) in [6.45, 7) is 1.63. The number of ether oxygens (including phenoxy) is 1. The number of primary amides is 1. The Morgan fingerprint density at radius 2 is 2.00 bits per heavy atom. The standard InChI is InChI=1S/C25H26ClFN8O2/c26-17-5-13(9-28)6-18(27)20(17)33-24-32-19-10-30-23(31-15-7-25(8-15)11-37-12-25)34-22(19)35(24)16-3-1-14(2-4-16)21(29)36/h5-6,10,14-16H,1-4,7-8,11-12H2,(H2,29,36)(H,32,33)(H,30,31,34)/t14-,16-. The van der Waals surface area contributed by atoms with Gasteiger partial charge in [0.15, 0.2) is 5.65 Å². The van der Waals surface area contributed by atoms with E-state index < -0.39 is 5.82 Å². The van der Waals surface area contributed by atoms with Crippen LogP contribution in [-0.2, 0) is 9.53 Å². The molecule has 0 radical (unpaired) electrons. The van der Waals surface area contributed by atoms with Crippen molar-refractivity contribution >= 4 is 46.3 Å². The van der Waals surface area contributed by atoms with Gasteiger partial charge in [-0.2, -0.15) is 10.2 Å². The number of rotatable bonds is 6. The highest BCUT2D eigenvalue weighted by Crippen LogP contribution is 2.47. The lowest BCUT2D eigenvalue weighted by Gasteiger charge is -2.53. The van der Waals surface area contributed by atoms with Crippen LogP contribution < -0.4 is 16.4 Å². The summed E-state index contributed by atoms with van der Waals surface area (Å²) >= 11 is 6.31. The first-order chi connectivity index (χ1) is 17.8. The van der Waals surface area contributed by atoms with Crippen LogP contribution in [0.2, 0.25) is 5.02 Å². The molecule has 10 nitrogen and oxygen atoms in total. The van der Waals surface area contributed by atoms with E-state index in [1.165, 1.54) is 6.07 Å². The van der Waals surface area contributed by atoms with Crippen molar-refractivity contribution in [1.29, 1.82) is 5.26 Å². The highest BCUT2D eigenvalue weighted by atomic mass is 35.5. The molecule has 37 heavy (non-hydrogen) atoms. The van der Waals surface area contributed by atoms with E-state index in [9.17, 15) is 9.18 Å². The number of carbonyl (C=O) groups excluding carboxylic acids is 1. The molecule has 1 spiro atoms. The first-order valence-corrected chi connectivity index (χ1v) is 12.8. The van der Waals surface area contributed by atoms with Gasteiger partial charge in [-0.05, 0) is 50.7 Å². The average molecular weight is 525 g/mol. The van der Waals surface area contributed by atoms with Crippen LogP contribution in [-0.4, -0.2) is 44.7 Å². The van der Waals surface area contributed by atoms with Crippen LogP contribution in [0.15, 0.2) is 18.3 Å². The number of nitrogens with two attached hydrogens (primary N) is 1. The number of benzene rings is 1. The summed E-state index contributed by atoms with van der Waals surface area (Å²) in [6, 6.07) is 4.67. The summed E-state index contributed by atoms with van der Waals surface area (Å²) in [5.74, 6) is -0.242. The Balaban J connectivity index is 1.34. The second-order valence-corrected chi connectivity index (χ2v) is 10.8. The maximum Gasteiger partial charge on any atom is 0.224 e. The summed E-state index contributed by atoms with van der Waals surface area (Å²) in [6.07, 6.45) is 6.37. The third kappa shape index (κ3) is 4.34. The van der Waals surface area contributed by atoms with Gasteiger partial charge in [0.1, 0.15) is 11.3 Å². The lowest BCUT2D eigenvalue weighted by molar-refractivity contribution is -0.160. The lowest BCUT2D eigenvalue weighted by Crippen LogP contribution is -2.56. The Labute approximate surface area is 217 Å². The SMILES string of the molecule is N#Cc1cc(F)c(Nc2nc3cnc(NC4CC5(COC5)C4)nc3n2[C@H]2CC[C@H](C(N)=O)CC2)c(Cl)c1. The highest BCUT2D eigenvalue weighted by molar-refractivity contribution is 6.33. The summed E-state index contributed by atoms with van der Waals surface area (Å²) in [5, 5.41) is 15.6. The minimum Gasteiger partial charge on any atom is -0.380 e. The van der Waals surface area contributed by atoms with E-state index in [0.29, 0.717) is 54.2 Å². The third-order valence-corrected chi connectivity index (χ3v) is 8.11. The molecule has 4 N–H and O–H groups in total. The molecular weight excluding hydrogens is 499 g/mol. The van der Waals surface area contributed by atoms with E-state index in [-0.39, 0.29) is 40.2 Å². The monoisotopic (exact) mass is 524 g/mol. The van der Waals surface area contributed by atoms with E-state index in [4.69, 9.17) is 32.3 Å². The normalized spacial score (nSPS) is 22.7. The van der Waals surface area contributed by atoms with Gasteiger partial charge >= 0.3 is 0 Å². The number of hydrogen-bond donors (Lipinski definition) is 3. The van der Waals surface area contributed by atoms with E-state index in [0.717, 1.165) is 32.1 Å². The van der Waals surface area contributed by atoms with Crippen LogP contribution >= 0.6 is 11.6 Å². The molecule has 2 aromatic heterocycles. The molecule has 6 rings (SSSR count). The van der Waals surface area contributed by atoms with Crippen molar-refractivity contribution in [3.05, 3.63) is 34.7 Å². The summed E-state index contributed by atoms with van der Waals surface area (Å²) in [4.78, 5) is 25.6. The summed E-state index contributed by atoms with van der Waals surface area (Å²) in [5.41, 5.74) is 7.16. The number of imidazole rings is 1. The Bertz CT molecular complexity index is 1390. The van der Waals surface area contributed by atoms with Crippen LogP contribution in [0.4, 0.5) is 22.0 Å². The molecule has 2 aliphatic carbocycles. The number of carbonyl (C=O) groups is 1. The van der Waals surface area contributed by atoms with Crippen LogP contribution in [0, 0.1) is 28.5 Å². The summed E-state index contributed by atoms with van der Waals surface area (Å²) in [7, 11) is 0. The van der Waals surface area contributed by atoms with Crippen molar-refractivity contribution in [1.82, 2.24) is 19.5 Å². The van der Waals surface area contributed by atoms with Gasteiger partial charge in [0.2, 0.25) is 17.8 Å². The Hall–Kier alpha value is -3.49. The maximum absolute atomic E-state index is 14.9. The van der Waals surface area contributed by atoms with Crippen molar-refractivity contribution in [2.45, 2.75) is 50.6 Å². The number of amides is 1. The molecule has 0 unspecified atom stereocenters. The molecule has 12 heteroatoms. The zero-order valence-corrected chi connectivity index (χ0v) is 20.8. The van der Waals surface area contributed by atoms with E-state index in [1.54, 1.807) is 6.20 Å². The first-order valence-electron chi connectivity index (χ1n) is 12.4. The fourth-order valence-electron chi connectivity index (χ4n) is 5.78. The molecule has 2 saturated carbocycles. The predicted octanol–water partition coefficient (Wildman–Crippen LogP) is 4.04. The van der Waals surface area contributed by atoms with Crippen LogP contribution in [0.25, 0.3) is 11.2 Å². The fraction of sp³-hybridized carbons (Fsp3) is 0.480. The minimum absolute atomic E-state index is 0.0248. The van der Waals surface area contributed by atoms with E-state index in [2.05, 4.69) is 20.6 Å². The van der Waals surface area contributed by atoms with E-state index in [1.807, 2.05) is 10.6 Å². The van der Waals surface area contributed by atoms with Crippen molar-refractivity contribution in [2.75, 3.05) is 23.8 Å². The topological polar surface area (TPSA) is 144 Å². The number of aromatic nitrogens is 4. The molecule has 1 saturated heterocycles. The van der Waals surface area contributed by atoms with Crippen molar-refractivity contribution in [3.63, 3.8) is 0 Å². The Kier molecular flexibility index (Phi) is 5.88. The molecule has 1 amide bonds. The number of hydrogen-bond acceptors (Lipinski definition) is 8. The quantitative estimate of drug-likeness (QED) is 0.438.